The van der Waals surface area contributed by atoms with Gasteiger partial charge in [-0.2, -0.15) is 5.10 Å². The van der Waals surface area contributed by atoms with E-state index in [2.05, 4.69) is 10.2 Å². The summed E-state index contributed by atoms with van der Waals surface area (Å²) in [5, 5.41) is 6.39. The first kappa shape index (κ1) is 10.4. The first-order valence-electron chi connectivity index (χ1n) is 5.05. The minimum Gasteiger partial charge on any atom is -0.337 e. The van der Waals surface area contributed by atoms with Gasteiger partial charge in [-0.05, 0) is 5.56 Å². The number of benzene rings is 1. The second kappa shape index (κ2) is 4.61. The molecule has 1 amide bonds. The monoisotopic (exact) mass is 215 g/mol. The maximum atomic E-state index is 11.9. The molecule has 0 aliphatic rings. The third kappa shape index (κ3) is 2.28. The highest BCUT2D eigenvalue weighted by atomic mass is 16.2. The Morgan fingerprint density at radius 3 is 2.75 bits per heavy atom. The summed E-state index contributed by atoms with van der Waals surface area (Å²) in [6.45, 7) is 0.602. The second-order valence-corrected chi connectivity index (χ2v) is 3.63. The van der Waals surface area contributed by atoms with E-state index in [0.717, 1.165) is 5.56 Å². The van der Waals surface area contributed by atoms with Gasteiger partial charge in [0.15, 0.2) is 0 Å². The van der Waals surface area contributed by atoms with Gasteiger partial charge in [-0.1, -0.05) is 30.3 Å². The van der Waals surface area contributed by atoms with Gasteiger partial charge < -0.3 is 4.90 Å². The van der Waals surface area contributed by atoms with Crippen LogP contribution in [0.3, 0.4) is 0 Å². The summed E-state index contributed by atoms with van der Waals surface area (Å²) in [7, 11) is 1.78. The highest BCUT2D eigenvalue weighted by Crippen LogP contribution is 2.06. The van der Waals surface area contributed by atoms with Gasteiger partial charge in [-0.25, -0.2) is 0 Å². The molecule has 0 bridgehead atoms. The molecule has 82 valence electrons. The van der Waals surface area contributed by atoms with Crippen molar-refractivity contribution in [1.29, 1.82) is 0 Å². The van der Waals surface area contributed by atoms with Crippen molar-refractivity contribution in [3.05, 3.63) is 53.9 Å². The van der Waals surface area contributed by atoms with Crippen LogP contribution in [0.2, 0.25) is 0 Å². The van der Waals surface area contributed by atoms with Crippen molar-refractivity contribution < 1.29 is 4.79 Å². The Bertz CT molecular complexity index is 450. The number of carbonyl (C=O) groups is 1. The lowest BCUT2D eigenvalue weighted by Gasteiger charge is -2.16. The smallest absolute Gasteiger partial charge is 0.257 e. The van der Waals surface area contributed by atoms with E-state index in [4.69, 9.17) is 0 Å². The van der Waals surface area contributed by atoms with Crippen LogP contribution in [-0.2, 0) is 6.54 Å². The lowest BCUT2D eigenvalue weighted by molar-refractivity contribution is 0.0785. The minimum atomic E-state index is -0.0300. The highest BCUT2D eigenvalue weighted by Gasteiger charge is 2.12. The van der Waals surface area contributed by atoms with Crippen LogP contribution < -0.4 is 0 Å². The fourth-order valence-corrected chi connectivity index (χ4v) is 1.52. The molecule has 0 saturated heterocycles. The van der Waals surface area contributed by atoms with Crippen LogP contribution in [0.5, 0.6) is 0 Å². The van der Waals surface area contributed by atoms with Gasteiger partial charge in [0, 0.05) is 19.8 Å². The predicted octanol–water partition coefficient (Wildman–Crippen LogP) is 1.68. The van der Waals surface area contributed by atoms with E-state index in [1.807, 2.05) is 30.3 Å². The number of nitrogens with zero attached hydrogens (tertiary/aromatic N) is 2. The topological polar surface area (TPSA) is 49.0 Å². The van der Waals surface area contributed by atoms with Crippen LogP contribution in [0, 0.1) is 0 Å². The number of nitrogens with one attached hydrogen (secondary N) is 1. The molecule has 16 heavy (non-hydrogen) atoms. The number of H-pyrrole nitrogens is 1. The number of hydrogen-bond acceptors (Lipinski definition) is 2. The SMILES string of the molecule is CN(Cc1ccccc1)C(=O)c1cn[nH]c1. The largest absolute Gasteiger partial charge is 0.337 e. The minimum absolute atomic E-state index is 0.0300. The van der Waals surface area contributed by atoms with E-state index in [9.17, 15) is 4.79 Å². The van der Waals surface area contributed by atoms with Crippen molar-refractivity contribution in [3.63, 3.8) is 0 Å². The fourth-order valence-electron chi connectivity index (χ4n) is 1.52. The summed E-state index contributed by atoms with van der Waals surface area (Å²) in [4.78, 5) is 13.5. The van der Waals surface area contributed by atoms with Crippen LogP contribution in [-0.4, -0.2) is 28.1 Å². The normalized spacial score (nSPS) is 10.1. The van der Waals surface area contributed by atoms with Crippen molar-refractivity contribution in [2.75, 3.05) is 7.05 Å². The second-order valence-electron chi connectivity index (χ2n) is 3.63. The van der Waals surface area contributed by atoms with Gasteiger partial charge in [0.1, 0.15) is 0 Å². The molecule has 0 aliphatic heterocycles. The number of carbonyl (C=O) groups excluding carboxylic acids is 1. The average Bonchev–Trinajstić information content (AvgIpc) is 2.83. The van der Waals surface area contributed by atoms with Gasteiger partial charge in [0.2, 0.25) is 0 Å². The van der Waals surface area contributed by atoms with E-state index < -0.39 is 0 Å². The molecule has 0 unspecified atom stereocenters. The molecule has 2 rings (SSSR count). The van der Waals surface area contributed by atoms with E-state index in [0.29, 0.717) is 12.1 Å². The van der Waals surface area contributed by atoms with Crippen LogP contribution in [0.1, 0.15) is 15.9 Å². The number of amides is 1. The van der Waals surface area contributed by atoms with E-state index in [-0.39, 0.29) is 5.91 Å². The highest BCUT2D eigenvalue weighted by molar-refractivity contribution is 5.93. The predicted molar refractivity (Wildman–Crippen MR) is 60.8 cm³/mol. The van der Waals surface area contributed by atoms with Crippen molar-refractivity contribution in [2.45, 2.75) is 6.54 Å². The standard InChI is InChI=1S/C12H13N3O/c1-15(9-10-5-3-2-4-6-10)12(16)11-7-13-14-8-11/h2-8H,9H2,1H3,(H,13,14). The summed E-state index contributed by atoms with van der Waals surface area (Å²) in [5.74, 6) is -0.0300. The van der Waals surface area contributed by atoms with Crippen molar-refractivity contribution in [1.82, 2.24) is 15.1 Å². The third-order valence-electron chi connectivity index (χ3n) is 2.35. The Labute approximate surface area is 93.9 Å². The summed E-state index contributed by atoms with van der Waals surface area (Å²) < 4.78 is 0. The molecule has 1 heterocycles. The van der Waals surface area contributed by atoms with Gasteiger partial charge in [0.05, 0.1) is 11.8 Å². The van der Waals surface area contributed by atoms with Crippen LogP contribution >= 0.6 is 0 Å². The Kier molecular flexibility index (Phi) is 3.00. The zero-order valence-electron chi connectivity index (χ0n) is 9.05. The van der Waals surface area contributed by atoms with Crippen molar-refractivity contribution >= 4 is 5.91 Å². The number of aromatic nitrogens is 2. The molecule has 0 saturated carbocycles. The summed E-state index contributed by atoms with van der Waals surface area (Å²) in [5.41, 5.74) is 1.69. The van der Waals surface area contributed by atoms with E-state index in [1.54, 1.807) is 18.1 Å². The first-order chi connectivity index (χ1) is 7.77. The zero-order valence-corrected chi connectivity index (χ0v) is 9.05. The lowest BCUT2D eigenvalue weighted by atomic mass is 10.2. The first-order valence-corrected chi connectivity index (χ1v) is 5.05. The maximum absolute atomic E-state index is 11.9. The Hall–Kier alpha value is -2.10. The molecule has 4 nitrogen and oxygen atoms in total. The average molecular weight is 215 g/mol. The molecule has 4 heteroatoms. The van der Waals surface area contributed by atoms with E-state index >= 15 is 0 Å². The van der Waals surface area contributed by atoms with Gasteiger partial charge in [0.25, 0.3) is 5.91 Å². The Balaban J connectivity index is 2.04. The van der Waals surface area contributed by atoms with Gasteiger partial charge in [-0.15, -0.1) is 0 Å². The van der Waals surface area contributed by atoms with E-state index in [1.165, 1.54) is 6.20 Å². The molecule has 0 aliphatic carbocycles. The molecule has 0 fully saturated rings. The lowest BCUT2D eigenvalue weighted by Crippen LogP contribution is -2.25. The van der Waals surface area contributed by atoms with Crippen molar-refractivity contribution in [3.8, 4) is 0 Å². The Morgan fingerprint density at radius 1 is 1.38 bits per heavy atom. The van der Waals surface area contributed by atoms with Crippen molar-refractivity contribution in [2.24, 2.45) is 0 Å². The van der Waals surface area contributed by atoms with Crippen LogP contribution in [0.15, 0.2) is 42.7 Å². The summed E-state index contributed by atoms with van der Waals surface area (Å²) in [6.07, 6.45) is 3.13. The molecule has 1 aromatic heterocycles. The third-order valence-corrected chi connectivity index (χ3v) is 2.35. The number of hydrogen-bond donors (Lipinski definition) is 1. The Morgan fingerprint density at radius 2 is 2.12 bits per heavy atom. The molecular formula is C12H13N3O. The fraction of sp³-hybridized carbons (Fsp3) is 0.167. The zero-order chi connectivity index (χ0) is 11.4. The molecular weight excluding hydrogens is 202 g/mol. The number of rotatable bonds is 3. The maximum Gasteiger partial charge on any atom is 0.257 e. The summed E-state index contributed by atoms with van der Waals surface area (Å²) >= 11 is 0. The molecule has 2 aromatic rings. The molecule has 0 radical (unpaired) electrons. The number of aromatic amines is 1. The van der Waals surface area contributed by atoms with Crippen LogP contribution in [0.25, 0.3) is 0 Å². The molecule has 0 atom stereocenters. The molecule has 1 aromatic carbocycles. The van der Waals surface area contributed by atoms with Crippen LogP contribution in [0.4, 0.5) is 0 Å². The summed E-state index contributed by atoms with van der Waals surface area (Å²) in [6, 6.07) is 9.89. The van der Waals surface area contributed by atoms with Gasteiger partial charge >= 0.3 is 0 Å². The molecule has 1 N–H and O–H groups in total. The van der Waals surface area contributed by atoms with Gasteiger partial charge in [-0.3, -0.25) is 9.89 Å². The quantitative estimate of drug-likeness (QED) is 0.846. The molecule has 0 spiro atoms.